The molecule has 4 rings (SSSR count). The Kier molecular flexibility index (Phi) is 4.54. The lowest BCUT2D eigenvalue weighted by Gasteiger charge is -2.16. The first kappa shape index (κ1) is 16.5. The minimum Gasteiger partial charge on any atom is -0.488 e. The zero-order valence-electron chi connectivity index (χ0n) is 14.4. The number of thiazole rings is 1. The van der Waals surface area contributed by atoms with Crippen LogP contribution in [-0.4, -0.2) is 17.5 Å². The third-order valence-electron chi connectivity index (χ3n) is 4.16. The van der Waals surface area contributed by atoms with Gasteiger partial charge in [0.25, 0.3) is 5.91 Å². The highest BCUT2D eigenvalue weighted by atomic mass is 32.1. The molecule has 0 fully saturated rings. The van der Waals surface area contributed by atoms with E-state index in [1.54, 1.807) is 0 Å². The third kappa shape index (κ3) is 3.68. The summed E-state index contributed by atoms with van der Waals surface area (Å²) >= 11 is 1.50. The Morgan fingerprint density at radius 3 is 3.00 bits per heavy atom. The van der Waals surface area contributed by atoms with Crippen LogP contribution in [0.4, 0.5) is 5.13 Å². The van der Waals surface area contributed by atoms with Gasteiger partial charge in [-0.25, -0.2) is 4.98 Å². The molecule has 5 heteroatoms. The van der Waals surface area contributed by atoms with E-state index in [1.165, 1.54) is 22.5 Å². The molecular weight excluding hydrogens is 344 g/mol. The molecule has 3 aromatic rings. The van der Waals surface area contributed by atoms with Crippen LogP contribution in [0, 0.1) is 6.92 Å². The summed E-state index contributed by atoms with van der Waals surface area (Å²) in [6, 6.07) is 16.1. The molecule has 2 aromatic carbocycles. The lowest BCUT2D eigenvalue weighted by atomic mass is 10.1. The molecule has 4 nitrogen and oxygen atoms in total. The van der Waals surface area contributed by atoms with Crippen molar-refractivity contribution in [3.8, 4) is 5.75 Å². The number of hydrogen-bond acceptors (Lipinski definition) is 4. The summed E-state index contributed by atoms with van der Waals surface area (Å²) < 4.78 is 5.64. The maximum absolute atomic E-state index is 12.5. The fourth-order valence-corrected chi connectivity index (χ4v) is 3.74. The van der Waals surface area contributed by atoms with E-state index < -0.39 is 0 Å². The lowest BCUT2D eigenvalue weighted by molar-refractivity contribution is -0.113. The van der Waals surface area contributed by atoms with Crippen LogP contribution in [0.5, 0.6) is 5.75 Å². The van der Waals surface area contributed by atoms with E-state index >= 15 is 0 Å². The molecule has 0 saturated carbocycles. The maximum atomic E-state index is 12.5. The minimum atomic E-state index is -0.170. The minimum absolute atomic E-state index is 0.170. The molecule has 1 aliphatic rings. The van der Waals surface area contributed by atoms with E-state index in [0.29, 0.717) is 10.7 Å². The first-order valence-electron chi connectivity index (χ1n) is 8.41. The van der Waals surface area contributed by atoms with Crippen molar-refractivity contribution >= 4 is 28.5 Å². The molecule has 2 heterocycles. The SMILES string of the molecule is Cc1cccc(Cc2cnc(NC(=O)C3=Cc4ccccc4OC3)s2)c1. The highest BCUT2D eigenvalue weighted by Gasteiger charge is 2.18. The van der Waals surface area contributed by atoms with Crippen LogP contribution < -0.4 is 10.1 Å². The van der Waals surface area contributed by atoms with E-state index in [2.05, 4.69) is 41.5 Å². The second-order valence-corrected chi connectivity index (χ2v) is 7.36. The fourth-order valence-electron chi connectivity index (χ4n) is 2.89. The molecule has 0 spiro atoms. The molecule has 26 heavy (non-hydrogen) atoms. The summed E-state index contributed by atoms with van der Waals surface area (Å²) in [4.78, 5) is 17.9. The van der Waals surface area contributed by atoms with Gasteiger partial charge in [-0.2, -0.15) is 0 Å². The summed E-state index contributed by atoms with van der Waals surface area (Å²) in [5, 5.41) is 3.49. The predicted octanol–water partition coefficient (Wildman–Crippen LogP) is 4.46. The van der Waals surface area contributed by atoms with Crippen molar-refractivity contribution in [2.24, 2.45) is 0 Å². The lowest BCUT2D eigenvalue weighted by Crippen LogP contribution is -2.21. The van der Waals surface area contributed by atoms with Crippen LogP contribution in [0.1, 0.15) is 21.6 Å². The molecule has 130 valence electrons. The monoisotopic (exact) mass is 362 g/mol. The molecule has 0 atom stereocenters. The average Bonchev–Trinajstić information content (AvgIpc) is 3.08. The standard InChI is InChI=1S/C21H18N2O2S/c1-14-5-4-6-15(9-14)10-18-12-22-21(26-18)23-20(24)17-11-16-7-2-3-8-19(16)25-13-17/h2-9,11-12H,10,13H2,1H3,(H,22,23,24). The maximum Gasteiger partial charge on any atom is 0.256 e. The van der Waals surface area contributed by atoms with Gasteiger partial charge >= 0.3 is 0 Å². The fraction of sp³-hybridized carbons (Fsp3) is 0.143. The van der Waals surface area contributed by atoms with E-state index in [9.17, 15) is 4.79 Å². The van der Waals surface area contributed by atoms with Crippen molar-refractivity contribution in [2.75, 3.05) is 11.9 Å². The highest BCUT2D eigenvalue weighted by Crippen LogP contribution is 2.27. The Hall–Kier alpha value is -2.92. The quantitative estimate of drug-likeness (QED) is 0.746. The molecule has 1 aromatic heterocycles. The van der Waals surface area contributed by atoms with E-state index in [1.807, 2.05) is 36.5 Å². The van der Waals surface area contributed by atoms with Crippen LogP contribution in [-0.2, 0) is 11.2 Å². The number of aryl methyl sites for hydroxylation is 1. The second-order valence-electron chi connectivity index (χ2n) is 6.25. The summed E-state index contributed by atoms with van der Waals surface area (Å²) in [6.45, 7) is 2.35. The molecule has 0 unspecified atom stereocenters. The van der Waals surface area contributed by atoms with Crippen molar-refractivity contribution in [3.63, 3.8) is 0 Å². The topological polar surface area (TPSA) is 51.2 Å². The van der Waals surface area contributed by atoms with Crippen molar-refractivity contribution < 1.29 is 9.53 Å². The number of hydrogen-bond donors (Lipinski definition) is 1. The molecule has 0 radical (unpaired) electrons. The molecule has 0 bridgehead atoms. The molecule has 1 aliphatic heterocycles. The van der Waals surface area contributed by atoms with Gasteiger partial charge in [0.1, 0.15) is 12.4 Å². The van der Waals surface area contributed by atoms with E-state index in [0.717, 1.165) is 22.6 Å². The van der Waals surface area contributed by atoms with Gasteiger partial charge in [0.2, 0.25) is 0 Å². The molecule has 1 N–H and O–H groups in total. The number of nitrogens with one attached hydrogen (secondary N) is 1. The van der Waals surface area contributed by atoms with Gasteiger partial charge in [0.15, 0.2) is 5.13 Å². The number of anilines is 1. The zero-order valence-corrected chi connectivity index (χ0v) is 15.2. The number of amides is 1. The summed E-state index contributed by atoms with van der Waals surface area (Å²) in [5.74, 6) is 0.634. The van der Waals surface area contributed by atoms with Crippen LogP contribution in [0.15, 0.2) is 60.3 Å². The van der Waals surface area contributed by atoms with E-state index in [-0.39, 0.29) is 12.5 Å². The zero-order chi connectivity index (χ0) is 17.9. The first-order valence-corrected chi connectivity index (χ1v) is 9.23. The predicted molar refractivity (Wildman–Crippen MR) is 105 cm³/mol. The number of rotatable bonds is 4. The first-order chi connectivity index (χ1) is 12.7. The Morgan fingerprint density at radius 1 is 1.23 bits per heavy atom. The van der Waals surface area contributed by atoms with Gasteiger partial charge in [-0.05, 0) is 24.6 Å². The molecule has 1 amide bonds. The van der Waals surface area contributed by atoms with Crippen LogP contribution in [0.25, 0.3) is 6.08 Å². The van der Waals surface area contributed by atoms with E-state index in [4.69, 9.17) is 4.74 Å². The smallest absolute Gasteiger partial charge is 0.256 e. The van der Waals surface area contributed by atoms with Gasteiger partial charge in [-0.15, -0.1) is 11.3 Å². The van der Waals surface area contributed by atoms with Crippen molar-refractivity contribution in [2.45, 2.75) is 13.3 Å². The summed E-state index contributed by atoms with van der Waals surface area (Å²) in [6.07, 6.45) is 4.51. The Labute approximate surface area is 156 Å². The molecule has 0 aliphatic carbocycles. The van der Waals surface area contributed by atoms with Gasteiger partial charge in [-0.1, -0.05) is 48.0 Å². The number of carbonyl (C=O) groups is 1. The molecule has 0 saturated heterocycles. The number of nitrogens with zero attached hydrogens (tertiary/aromatic N) is 1. The Bertz CT molecular complexity index is 991. The second kappa shape index (κ2) is 7.14. The normalized spacial score (nSPS) is 12.7. The number of benzene rings is 2. The van der Waals surface area contributed by atoms with Crippen LogP contribution in [0.3, 0.4) is 0 Å². The van der Waals surface area contributed by atoms with Gasteiger partial charge in [0, 0.05) is 23.1 Å². The average molecular weight is 362 g/mol. The van der Waals surface area contributed by atoms with Crippen molar-refractivity contribution in [1.82, 2.24) is 4.98 Å². The number of aromatic nitrogens is 1. The Balaban J connectivity index is 1.44. The summed E-state index contributed by atoms with van der Waals surface area (Å²) in [7, 11) is 0. The van der Waals surface area contributed by atoms with Gasteiger partial charge < -0.3 is 4.74 Å². The molecular formula is C21H18N2O2S. The van der Waals surface area contributed by atoms with Crippen molar-refractivity contribution in [1.29, 1.82) is 0 Å². The van der Waals surface area contributed by atoms with Crippen molar-refractivity contribution in [3.05, 3.63) is 81.9 Å². The number of ether oxygens (including phenoxy) is 1. The number of carbonyl (C=O) groups excluding carboxylic acids is 1. The van der Waals surface area contributed by atoms with Crippen LogP contribution >= 0.6 is 11.3 Å². The van der Waals surface area contributed by atoms with Crippen LogP contribution in [0.2, 0.25) is 0 Å². The van der Waals surface area contributed by atoms with Gasteiger partial charge in [0.05, 0.1) is 5.57 Å². The number of para-hydroxylation sites is 1. The Morgan fingerprint density at radius 2 is 2.12 bits per heavy atom. The summed E-state index contributed by atoms with van der Waals surface area (Å²) in [5.41, 5.74) is 4.00. The van der Waals surface area contributed by atoms with Gasteiger partial charge in [-0.3, -0.25) is 10.1 Å². The largest absolute Gasteiger partial charge is 0.488 e. The third-order valence-corrected chi connectivity index (χ3v) is 5.07. The highest BCUT2D eigenvalue weighted by molar-refractivity contribution is 7.15. The number of fused-ring (bicyclic) bond motifs is 1.